The Hall–Kier alpha value is -3.72. The first-order valence-electron chi connectivity index (χ1n) is 10.5. The van der Waals surface area contributed by atoms with Crippen molar-refractivity contribution in [3.63, 3.8) is 0 Å². The zero-order valence-corrected chi connectivity index (χ0v) is 20.3. The van der Waals surface area contributed by atoms with Crippen molar-refractivity contribution in [1.82, 2.24) is 29.7 Å². The molecule has 0 saturated carbocycles. The lowest BCUT2D eigenvalue weighted by atomic mass is 10.1. The topological polar surface area (TPSA) is 140 Å². The zero-order valence-electron chi connectivity index (χ0n) is 19.5. The maximum atomic E-state index is 12.8. The number of benzene rings is 2. The third-order valence-corrected chi connectivity index (χ3v) is 5.35. The minimum atomic E-state index is -4.43. The Bertz CT molecular complexity index is 1300. The van der Waals surface area contributed by atoms with E-state index in [4.69, 9.17) is 4.74 Å². The molecule has 0 aliphatic carbocycles. The molecule has 0 unspecified atom stereocenters. The predicted octanol–water partition coefficient (Wildman–Crippen LogP) is 3.46. The number of rotatable bonds is 8. The number of alkyl halides is 3. The van der Waals surface area contributed by atoms with Gasteiger partial charge in [-0.2, -0.15) is 31.1 Å². The molecule has 1 aromatic heterocycles. The maximum absolute atomic E-state index is 12.8. The molecule has 1 amide bonds. The highest BCUT2D eigenvalue weighted by Crippen LogP contribution is 2.32. The summed E-state index contributed by atoms with van der Waals surface area (Å²) in [5.41, 5.74) is -0.148. The lowest BCUT2D eigenvalue weighted by Gasteiger charge is -2.19. The Morgan fingerprint density at radius 3 is 2.36 bits per heavy atom. The van der Waals surface area contributed by atoms with Crippen LogP contribution in [0.15, 0.2) is 48.5 Å². The second-order valence-electron chi connectivity index (χ2n) is 8.46. The van der Waals surface area contributed by atoms with Gasteiger partial charge in [-0.05, 0) is 62.4 Å². The molecule has 0 aliphatic heterocycles. The SMILES string of the molecule is CC(C)(C)OC(=O)NS(=O)(=O)NCCn1nnc(-c2ccccc2Nc2ccc(C(F)(F)F)cc2)n1. The van der Waals surface area contributed by atoms with Crippen LogP contribution in [0.4, 0.5) is 29.3 Å². The van der Waals surface area contributed by atoms with E-state index in [-0.39, 0.29) is 18.9 Å². The van der Waals surface area contributed by atoms with Gasteiger partial charge in [0.1, 0.15) is 5.60 Å². The van der Waals surface area contributed by atoms with Crippen molar-refractivity contribution in [1.29, 1.82) is 0 Å². The first-order chi connectivity index (χ1) is 16.7. The zero-order chi connectivity index (χ0) is 26.6. The molecule has 3 N–H and O–H groups in total. The third-order valence-electron chi connectivity index (χ3n) is 4.33. The van der Waals surface area contributed by atoms with Crippen molar-refractivity contribution < 1.29 is 31.1 Å². The van der Waals surface area contributed by atoms with Crippen molar-refractivity contribution in [2.75, 3.05) is 11.9 Å². The number of tetrazole rings is 1. The van der Waals surface area contributed by atoms with Gasteiger partial charge in [0, 0.05) is 23.5 Å². The summed E-state index contributed by atoms with van der Waals surface area (Å²) in [7, 11) is -4.17. The molecule has 0 aliphatic rings. The number of aromatic nitrogens is 4. The van der Waals surface area contributed by atoms with E-state index >= 15 is 0 Å². The monoisotopic (exact) mass is 527 g/mol. The molecule has 194 valence electrons. The van der Waals surface area contributed by atoms with E-state index in [0.29, 0.717) is 16.9 Å². The van der Waals surface area contributed by atoms with Crippen molar-refractivity contribution >= 4 is 27.7 Å². The van der Waals surface area contributed by atoms with Gasteiger partial charge in [0.25, 0.3) is 0 Å². The number of amides is 1. The van der Waals surface area contributed by atoms with Gasteiger partial charge < -0.3 is 10.1 Å². The fourth-order valence-corrected chi connectivity index (χ4v) is 3.55. The number of carbonyl (C=O) groups excluding carboxylic acids is 1. The highest BCUT2D eigenvalue weighted by molar-refractivity contribution is 7.88. The largest absolute Gasteiger partial charge is 0.443 e. The van der Waals surface area contributed by atoms with Crippen molar-refractivity contribution in [3.8, 4) is 11.4 Å². The van der Waals surface area contributed by atoms with Crippen molar-refractivity contribution in [3.05, 3.63) is 54.1 Å². The summed E-state index contributed by atoms with van der Waals surface area (Å²) in [5, 5.41) is 15.1. The Kier molecular flexibility index (Phi) is 7.83. The molecule has 0 saturated heterocycles. The molecule has 15 heteroatoms. The summed E-state index contributed by atoms with van der Waals surface area (Å²) in [6.45, 7) is 4.63. The summed E-state index contributed by atoms with van der Waals surface area (Å²) < 4.78 is 71.1. The van der Waals surface area contributed by atoms with E-state index in [1.807, 2.05) is 0 Å². The molecule has 0 fully saturated rings. The Labute approximate surface area is 205 Å². The highest BCUT2D eigenvalue weighted by Gasteiger charge is 2.30. The number of halogens is 3. The van der Waals surface area contributed by atoms with Crippen LogP contribution in [-0.2, 0) is 27.7 Å². The Morgan fingerprint density at radius 1 is 1.06 bits per heavy atom. The first kappa shape index (κ1) is 26.9. The molecule has 0 bridgehead atoms. The quantitative estimate of drug-likeness (QED) is 0.405. The molecule has 11 nitrogen and oxygen atoms in total. The Morgan fingerprint density at radius 2 is 1.72 bits per heavy atom. The standard InChI is InChI=1S/C21H24F3N7O4S/c1-20(2,3)35-19(32)29-36(33,34)25-12-13-31-28-18(27-30-31)16-6-4-5-7-17(16)26-15-10-8-14(9-11-15)21(22,23)24/h4-11,25-26H,12-13H2,1-3H3,(H,29,32). The number of ether oxygens (including phenoxy) is 1. The molecule has 0 radical (unpaired) electrons. The summed E-state index contributed by atoms with van der Waals surface area (Å²) in [6, 6.07) is 11.4. The molecule has 0 spiro atoms. The average molecular weight is 528 g/mol. The molecule has 1 heterocycles. The minimum Gasteiger partial charge on any atom is -0.443 e. The van der Waals surface area contributed by atoms with Gasteiger partial charge in [0.2, 0.25) is 5.82 Å². The van der Waals surface area contributed by atoms with Gasteiger partial charge in [0.05, 0.1) is 12.1 Å². The van der Waals surface area contributed by atoms with Crippen LogP contribution < -0.4 is 14.8 Å². The number of hydrogen-bond acceptors (Lipinski definition) is 8. The summed E-state index contributed by atoms with van der Waals surface area (Å²) >= 11 is 0. The van der Waals surface area contributed by atoms with Crippen LogP contribution in [0.3, 0.4) is 0 Å². The van der Waals surface area contributed by atoms with E-state index < -0.39 is 33.6 Å². The van der Waals surface area contributed by atoms with E-state index in [1.54, 1.807) is 49.8 Å². The molecule has 0 atom stereocenters. The Balaban J connectivity index is 1.62. The van der Waals surface area contributed by atoms with Gasteiger partial charge in [-0.3, -0.25) is 0 Å². The molecular weight excluding hydrogens is 503 g/mol. The van der Waals surface area contributed by atoms with Crippen molar-refractivity contribution in [2.45, 2.75) is 39.1 Å². The summed E-state index contributed by atoms with van der Waals surface area (Å²) in [4.78, 5) is 12.8. The van der Waals surface area contributed by atoms with Crippen LogP contribution in [0.2, 0.25) is 0 Å². The van der Waals surface area contributed by atoms with Crippen molar-refractivity contribution in [2.24, 2.45) is 0 Å². The van der Waals surface area contributed by atoms with Crippen LogP contribution in [0.1, 0.15) is 26.3 Å². The molecule has 3 aromatic rings. The van der Waals surface area contributed by atoms with Crippen LogP contribution in [0.5, 0.6) is 0 Å². The van der Waals surface area contributed by atoms with Crippen LogP contribution in [0.25, 0.3) is 11.4 Å². The third kappa shape index (κ3) is 7.91. The highest BCUT2D eigenvalue weighted by atomic mass is 32.2. The maximum Gasteiger partial charge on any atom is 0.422 e. The lowest BCUT2D eigenvalue weighted by Crippen LogP contribution is -2.43. The number of nitrogens with one attached hydrogen (secondary N) is 3. The molecule has 36 heavy (non-hydrogen) atoms. The lowest BCUT2D eigenvalue weighted by molar-refractivity contribution is -0.137. The fourth-order valence-electron chi connectivity index (χ4n) is 2.86. The predicted molar refractivity (Wildman–Crippen MR) is 124 cm³/mol. The van der Waals surface area contributed by atoms with Crippen LogP contribution in [0, 0.1) is 0 Å². The van der Waals surface area contributed by atoms with Gasteiger partial charge in [0.15, 0.2) is 0 Å². The van der Waals surface area contributed by atoms with Crippen LogP contribution >= 0.6 is 0 Å². The number of nitrogens with zero attached hydrogens (tertiary/aromatic N) is 4. The fraction of sp³-hybridized carbons (Fsp3) is 0.333. The van der Waals surface area contributed by atoms with Gasteiger partial charge in [-0.15, -0.1) is 10.2 Å². The number of anilines is 2. The average Bonchev–Trinajstić information content (AvgIpc) is 3.20. The van der Waals surface area contributed by atoms with Crippen LogP contribution in [-0.4, -0.2) is 46.9 Å². The second-order valence-corrected chi connectivity index (χ2v) is 9.96. The summed E-state index contributed by atoms with van der Waals surface area (Å²) in [6.07, 6.45) is -5.55. The van der Waals surface area contributed by atoms with E-state index in [9.17, 15) is 26.4 Å². The molecule has 2 aromatic carbocycles. The summed E-state index contributed by atoms with van der Waals surface area (Å²) in [5.74, 6) is 0.208. The normalized spacial score (nSPS) is 12.3. The minimum absolute atomic E-state index is 0.00325. The van der Waals surface area contributed by atoms with E-state index in [2.05, 4.69) is 25.4 Å². The van der Waals surface area contributed by atoms with Gasteiger partial charge in [-0.25, -0.2) is 9.52 Å². The van der Waals surface area contributed by atoms with Gasteiger partial charge >= 0.3 is 22.5 Å². The smallest absolute Gasteiger partial charge is 0.422 e. The molecule has 3 rings (SSSR count). The van der Waals surface area contributed by atoms with Gasteiger partial charge in [-0.1, -0.05) is 12.1 Å². The number of para-hydroxylation sites is 1. The number of carbonyl (C=O) groups is 1. The first-order valence-corrected chi connectivity index (χ1v) is 12.0. The molecular formula is C21H24F3N7O4S. The van der Waals surface area contributed by atoms with E-state index in [0.717, 1.165) is 16.9 Å². The van der Waals surface area contributed by atoms with E-state index in [1.165, 1.54) is 12.1 Å². The second kappa shape index (κ2) is 10.5. The number of hydrogen-bond donors (Lipinski definition) is 3.